The molecule has 0 bridgehead atoms. The molecule has 34 heavy (non-hydrogen) atoms. The standard InChI is InChI=1S/C26H22N4O4/c1-16-23(17-7-5-8-18(28)13-17)20(14-27)25(30-26(31)22-11-6-12-33-22)29-24(16)19-9-3-4-10-21(19)34-15-32-2/h3-13H,15,28H2,1-2H3,(H,29,30,31). The third-order valence-electron chi connectivity index (χ3n) is 5.18. The van der Waals surface area contributed by atoms with E-state index in [1.54, 1.807) is 24.3 Å². The van der Waals surface area contributed by atoms with Crippen LogP contribution < -0.4 is 15.8 Å². The lowest BCUT2D eigenvalue weighted by Gasteiger charge is -2.19. The molecule has 0 spiro atoms. The van der Waals surface area contributed by atoms with Gasteiger partial charge < -0.3 is 24.9 Å². The van der Waals surface area contributed by atoms with E-state index in [4.69, 9.17) is 24.6 Å². The molecule has 2 heterocycles. The van der Waals surface area contributed by atoms with Gasteiger partial charge in [-0.15, -0.1) is 0 Å². The highest BCUT2D eigenvalue weighted by molar-refractivity contribution is 6.03. The molecule has 2 aromatic heterocycles. The summed E-state index contributed by atoms with van der Waals surface area (Å²) in [6, 6.07) is 19.9. The van der Waals surface area contributed by atoms with Gasteiger partial charge in [-0.1, -0.05) is 24.3 Å². The number of nitrogens with one attached hydrogen (secondary N) is 1. The van der Waals surface area contributed by atoms with Crippen LogP contribution in [-0.4, -0.2) is 24.8 Å². The first kappa shape index (κ1) is 22.6. The Bertz CT molecular complexity index is 1370. The number of carbonyl (C=O) groups is 1. The summed E-state index contributed by atoms with van der Waals surface area (Å²) < 4.78 is 16.0. The number of benzene rings is 2. The van der Waals surface area contributed by atoms with Crippen LogP contribution in [0.5, 0.6) is 5.75 Å². The molecule has 3 N–H and O–H groups in total. The number of carbonyl (C=O) groups excluding carboxylic acids is 1. The van der Waals surface area contributed by atoms with Crippen LogP contribution in [0.2, 0.25) is 0 Å². The highest BCUT2D eigenvalue weighted by Gasteiger charge is 2.23. The normalized spacial score (nSPS) is 10.5. The number of aromatic nitrogens is 1. The van der Waals surface area contributed by atoms with Gasteiger partial charge in [0.2, 0.25) is 0 Å². The van der Waals surface area contributed by atoms with Crippen molar-refractivity contribution in [1.29, 1.82) is 5.26 Å². The third-order valence-corrected chi connectivity index (χ3v) is 5.18. The Morgan fingerprint density at radius 2 is 2.00 bits per heavy atom. The van der Waals surface area contributed by atoms with Gasteiger partial charge >= 0.3 is 0 Å². The summed E-state index contributed by atoms with van der Waals surface area (Å²) in [6.07, 6.45) is 1.40. The van der Waals surface area contributed by atoms with Crippen LogP contribution in [0, 0.1) is 18.3 Å². The van der Waals surface area contributed by atoms with E-state index in [-0.39, 0.29) is 23.9 Å². The largest absolute Gasteiger partial charge is 0.467 e. The second-order valence-electron chi connectivity index (χ2n) is 7.40. The SMILES string of the molecule is COCOc1ccccc1-c1nc(NC(=O)c2ccco2)c(C#N)c(-c2cccc(N)c2)c1C. The number of hydrogen-bond donors (Lipinski definition) is 2. The molecule has 0 aliphatic carbocycles. The molecule has 0 unspecified atom stereocenters. The minimum absolute atomic E-state index is 0.0521. The predicted molar refractivity (Wildman–Crippen MR) is 128 cm³/mol. The molecule has 0 aliphatic rings. The van der Waals surface area contributed by atoms with Crippen molar-refractivity contribution in [2.24, 2.45) is 0 Å². The third kappa shape index (κ3) is 4.46. The molecule has 2 aromatic carbocycles. The van der Waals surface area contributed by atoms with Crippen molar-refractivity contribution >= 4 is 17.4 Å². The van der Waals surface area contributed by atoms with Gasteiger partial charge in [-0.2, -0.15) is 5.26 Å². The van der Waals surface area contributed by atoms with Crippen molar-refractivity contribution in [2.75, 3.05) is 25.0 Å². The van der Waals surface area contributed by atoms with E-state index in [9.17, 15) is 10.1 Å². The van der Waals surface area contributed by atoms with Gasteiger partial charge in [-0.05, 0) is 54.4 Å². The predicted octanol–water partition coefficient (Wildman–Crippen LogP) is 5.01. The van der Waals surface area contributed by atoms with Gasteiger partial charge in [0.1, 0.15) is 17.4 Å². The number of rotatable bonds is 7. The molecule has 0 aliphatic heterocycles. The van der Waals surface area contributed by atoms with Crippen LogP contribution in [-0.2, 0) is 4.74 Å². The summed E-state index contributed by atoms with van der Waals surface area (Å²) in [5, 5.41) is 12.8. The molecule has 0 radical (unpaired) electrons. The topological polar surface area (TPSA) is 123 Å². The lowest BCUT2D eigenvalue weighted by Crippen LogP contribution is -2.15. The van der Waals surface area contributed by atoms with Crippen LogP contribution in [0.4, 0.5) is 11.5 Å². The maximum atomic E-state index is 12.8. The van der Waals surface area contributed by atoms with E-state index < -0.39 is 5.91 Å². The molecule has 0 fully saturated rings. The lowest BCUT2D eigenvalue weighted by molar-refractivity contribution is 0.0515. The van der Waals surface area contributed by atoms with E-state index in [1.165, 1.54) is 19.4 Å². The summed E-state index contributed by atoms with van der Waals surface area (Å²) >= 11 is 0. The first-order chi connectivity index (χ1) is 16.5. The van der Waals surface area contributed by atoms with Gasteiger partial charge in [0.05, 0.1) is 12.0 Å². The second-order valence-corrected chi connectivity index (χ2v) is 7.40. The average Bonchev–Trinajstić information content (AvgIpc) is 3.39. The maximum absolute atomic E-state index is 12.8. The minimum atomic E-state index is -0.522. The maximum Gasteiger partial charge on any atom is 0.292 e. The van der Waals surface area contributed by atoms with Crippen LogP contribution in [0.15, 0.2) is 71.3 Å². The van der Waals surface area contributed by atoms with Crippen LogP contribution in [0.3, 0.4) is 0 Å². The Hall–Kier alpha value is -4.61. The van der Waals surface area contributed by atoms with Gasteiger partial charge in [-0.3, -0.25) is 4.79 Å². The van der Waals surface area contributed by atoms with Crippen molar-refractivity contribution < 1.29 is 18.7 Å². The summed E-state index contributed by atoms with van der Waals surface area (Å²) in [5.74, 6) is 0.225. The molecule has 0 atom stereocenters. The quantitative estimate of drug-likeness (QED) is 0.297. The van der Waals surface area contributed by atoms with Gasteiger partial charge in [-0.25, -0.2) is 4.98 Å². The smallest absolute Gasteiger partial charge is 0.292 e. The number of hydrogen-bond acceptors (Lipinski definition) is 7. The number of nitrogens with two attached hydrogens (primary N) is 1. The Balaban J connectivity index is 1.96. The summed E-state index contributed by atoms with van der Waals surface area (Å²) in [5.41, 5.74) is 10.1. The number of ether oxygens (including phenoxy) is 2. The number of pyridine rings is 1. The van der Waals surface area contributed by atoms with E-state index in [0.717, 1.165) is 11.1 Å². The zero-order valence-corrected chi connectivity index (χ0v) is 18.7. The first-order valence-electron chi connectivity index (χ1n) is 10.4. The second kappa shape index (κ2) is 9.90. The van der Waals surface area contributed by atoms with Gasteiger partial charge in [0, 0.05) is 23.9 Å². The number of nitrogens with zero attached hydrogens (tertiary/aromatic N) is 2. The van der Waals surface area contributed by atoms with E-state index in [2.05, 4.69) is 11.4 Å². The Morgan fingerprint density at radius 1 is 1.18 bits per heavy atom. The number of nitrogen functional groups attached to an aromatic ring is 1. The highest BCUT2D eigenvalue weighted by Crippen LogP contribution is 2.40. The molecule has 8 nitrogen and oxygen atoms in total. The molecular formula is C26H22N4O4. The lowest BCUT2D eigenvalue weighted by atomic mass is 9.92. The average molecular weight is 454 g/mol. The molecule has 8 heteroatoms. The molecular weight excluding hydrogens is 432 g/mol. The number of para-hydroxylation sites is 1. The summed E-state index contributed by atoms with van der Waals surface area (Å²) in [6.45, 7) is 1.92. The number of furan rings is 1. The summed E-state index contributed by atoms with van der Waals surface area (Å²) in [7, 11) is 1.54. The van der Waals surface area contributed by atoms with Crippen molar-refractivity contribution in [3.05, 3.63) is 83.8 Å². The van der Waals surface area contributed by atoms with Gasteiger partial charge in [0.25, 0.3) is 5.91 Å². The Labute approximate surface area is 196 Å². The minimum Gasteiger partial charge on any atom is -0.467 e. The Kier molecular flexibility index (Phi) is 6.57. The van der Waals surface area contributed by atoms with Crippen molar-refractivity contribution in [3.8, 4) is 34.2 Å². The number of methoxy groups -OCH3 is 1. The number of amides is 1. The first-order valence-corrected chi connectivity index (χ1v) is 10.4. The van der Waals surface area contributed by atoms with Crippen molar-refractivity contribution in [1.82, 2.24) is 4.98 Å². The fraction of sp³-hybridized carbons (Fsp3) is 0.115. The van der Waals surface area contributed by atoms with Crippen LogP contribution >= 0.6 is 0 Å². The van der Waals surface area contributed by atoms with Crippen LogP contribution in [0.1, 0.15) is 21.7 Å². The number of nitriles is 1. The molecule has 4 rings (SSSR count). The van der Waals surface area contributed by atoms with Gasteiger partial charge in [0.15, 0.2) is 18.4 Å². The molecule has 4 aromatic rings. The molecule has 1 amide bonds. The van der Waals surface area contributed by atoms with Crippen molar-refractivity contribution in [2.45, 2.75) is 6.92 Å². The molecule has 0 saturated heterocycles. The van der Waals surface area contributed by atoms with E-state index in [0.29, 0.717) is 28.3 Å². The van der Waals surface area contributed by atoms with Crippen molar-refractivity contribution in [3.63, 3.8) is 0 Å². The van der Waals surface area contributed by atoms with E-state index in [1.807, 2.05) is 37.3 Å². The highest BCUT2D eigenvalue weighted by atomic mass is 16.7. The number of anilines is 2. The monoisotopic (exact) mass is 454 g/mol. The van der Waals surface area contributed by atoms with E-state index >= 15 is 0 Å². The Morgan fingerprint density at radius 3 is 2.71 bits per heavy atom. The zero-order valence-electron chi connectivity index (χ0n) is 18.7. The molecule has 170 valence electrons. The zero-order chi connectivity index (χ0) is 24.1. The fourth-order valence-corrected chi connectivity index (χ4v) is 3.68. The summed E-state index contributed by atoms with van der Waals surface area (Å²) in [4.78, 5) is 17.5. The molecule has 0 saturated carbocycles. The van der Waals surface area contributed by atoms with Crippen LogP contribution in [0.25, 0.3) is 22.4 Å². The fourth-order valence-electron chi connectivity index (χ4n) is 3.68.